The second-order valence-corrected chi connectivity index (χ2v) is 9.58. The van der Waals surface area contributed by atoms with E-state index in [4.69, 9.17) is 4.98 Å². The van der Waals surface area contributed by atoms with E-state index in [9.17, 15) is 0 Å². The Morgan fingerprint density at radius 3 is 2.30 bits per heavy atom. The summed E-state index contributed by atoms with van der Waals surface area (Å²) in [5.74, 6) is 1.86. The molecule has 0 saturated carbocycles. The number of rotatable bonds is 14. The van der Waals surface area contributed by atoms with Crippen LogP contribution < -0.4 is 15.5 Å². The second-order valence-electron chi connectivity index (χ2n) is 9.58. The van der Waals surface area contributed by atoms with Crippen molar-refractivity contribution < 1.29 is 0 Å². The number of allylic oxidation sites excluding steroid dienone is 1. The largest absolute Gasteiger partial charge is 0.368 e. The quantitative estimate of drug-likeness (QED) is 0.0575. The number of aromatic amines is 1. The van der Waals surface area contributed by atoms with Gasteiger partial charge >= 0.3 is 0 Å². The number of aromatic nitrogens is 2. The van der Waals surface area contributed by atoms with Crippen LogP contribution in [-0.2, 0) is 0 Å². The van der Waals surface area contributed by atoms with Crippen LogP contribution in [-0.4, -0.2) is 66.7 Å². The lowest BCUT2D eigenvalue weighted by Crippen LogP contribution is -2.45. The standard InChI is InChI=1S/C32H40N8.C2H6.C2H4/c1-5-8-16-33-22-27-21-30(38-32(27)36-24-34-15-6-2)26-9-11-28(12-10-26)37-29-13-14-31(35-23-29)40-19-17-39(18-20-40)25(4)7-3;2*1-2/h5,7,9-14,21-24,37-38H,1,3-4,6,8,15-20H2,2H3,(H,34,36);1-2H3;1-2H2. The highest BCUT2D eigenvalue weighted by atomic mass is 15.3. The van der Waals surface area contributed by atoms with Crippen LogP contribution in [0.4, 0.5) is 23.0 Å². The third-order valence-electron chi connectivity index (χ3n) is 6.67. The number of hydrogen-bond acceptors (Lipinski definition) is 6. The Morgan fingerprint density at radius 1 is 0.977 bits per heavy atom. The highest BCUT2D eigenvalue weighted by Gasteiger charge is 2.18. The molecule has 1 saturated heterocycles. The van der Waals surface area contributed by atoms with E-state index in [-0.39, 0.29) is 0 Å². The molecule has 0 bridgehead atoms. The van der Waals surface area contributed by atoms with Crippen molar-refractivity contribution in [2.24, 2.45) is 9.98 Å². The van der Waals surface area contributed by atoms with E-state index < -0.39 is 0 Å². The molecule has 8 heteroatoms. The molecule has 2 aromatic heterocycles. The molecular formula is C36H50N8. The van der Waals surface area contributed by atoms with Crippen molar-refractivity contribution >= 4 is 35.6 Å². The van der Waals surface area contributed by atoms with Gasteiger partial charge in [0, 0.05) is 68.1 Å². The van der Waals surface area contributed by atoms with Crippen LogP contribution in [0.25, 0.3) is 11.3 Å². The number of nitrogens with one attached hydrogen (secondary N) is 3. The monoisotopic (exact) mass is 594 g/mol. The van der Waals surface area contributed by atoms with Gasteiger partial charge in [-0.05, 0) is 54.8 Å². The minimum Gasteiger partial charge on any atom is -0.368 e. The van der Waals surface area contributed by atoms with Gasteiger partial charge in [-0.1, -0.05) is 52.1 Å². The molecule has 0 radical (unpaired) electrons. The molecule has 1 aliphatic heterocycles. The Bertz CT molecular complexity index is 1330. The van der Waals surface area contributed by atoms with Gasteiger partial charge in [0.2, 0.25) is 0 Å². The summed E-state index contributed by atoms with van der Waals surface area (Å²) in [5, 5.41) is 6.73. The summed E-state index contributed by atoms with van der Waals surface area (Å²) >= 11 is 0. The van der Waals surface area contributed by atoms with E-state index in [1.54, 1.807) is 6.34 Å². The maximum Gasteiger partial charge on any atom is 0.128 e. The maximum absolute atomic E-state index is 4.70. The van der Waals surface area contributed by atoms with Gasteiger partial charge in [-0.15, -0.1) is 19.7 Å². The van der Waals surface area contributed by atoms with Crippen molar-refractivity contribution in [3.05, 3.63) is 105 Å². The van der Waals surface area contributed by atoms with Gasteiger partial charge in [0.15, 0.2) is 0 Å². The third kappa shape index (κ3) is 10.8. The van der Waals surface area contributed by atoms with E-state index in [0.29, 0.717) is 6.54 Å². The molecule has 0 unspecified atom stereocenters. The molecule has 1 aliphatic rings. The molecule has 1 aromatic carbocycles. The molecule has 8 nitrogen and oxygen atoms in total. The highest BCUT2D eigenvalue weighted by molar-refractivity contribution is 5.93. The van der Waals surface area contributed by atoms with Gasteiger partial charge in [-0.2, -0.15) is 0 Å². The third-order valence-corrected chi connectivity index (χ3v) is 6.67. The lowest BCUT2D eigenvalue weighted by atomic mass is 10.1. The van der Waals surface area contributed by atoms with E-state index in [0.717, 1.165) is 91.1 Å². The lowest BCUT2D eigenvalue weighted by Gasteiger charge is -2.36. The topological polar surface area (TPSA) is 83.9 Å². The Morgan fingerprint density at radius 2 is 1.68 bits per heavy atom. The van der Waals surface area contributed by atoms with Crippen LogP contribution in [0, 0.1) is 0 Å². The van der Waals surface area contributed by atoms with Gasteiger partial charge in [0.25, 0.3) is 0 Å². The van der Waals surface area contributed by atoms with Gasteiger partial charge in [-0.25, -0.2) is 4.98 Å². The van der Waals surface area contributed by atoms with Crippen LogP contribution in [0.2, 0.25) is 0 Å². The fraction of sp³-hybridized carbons (Fsp3) is 0.306. The Balaban J connectivity index is 0.00000162. The Hall–Kier alpha value is -4.85. The number of hydrogen-bond donors (Lipinski definition) is 3. The van der Waals surface area contributed by atoms with Crippen LogP contribution in [0.5, 0.6) is 0 Å². The predicted octanol–water partition coefficient (Wildman–Crippen LogP) is 8.32. The summed E-state index contributed by atoms with van der Waals surface area (Å²) in [4.78, 5) is 21.6. The molecule has 0 atom stereocenters. The zero-order chi connectivity index (χ0) is 32.2. The van der Waals surface area contributed by atoms with Gasteiger partial charge in [-0.3, -0.25) is 9.98 Å². The number of benzene rings is 1. The first kappa shape index (κ1) is 35.3. The number of H-pyrrole nitrogens is 1. The number of aliphatic imine (C=N–C) groups is 2. The van der Waals surface area contributed by atoms with Crippen LogP contribution >= 0.6 is 0 Å². The van der Waals surface area contributed by atoms with E-state index in [1.807, 2.05) is 38.4 Å². The molecule has 0 aliphatic carbocycles. The van der Waals surface area contributed by atoms with Crippen molar-refractivity contribution in [1.29, 1.82) is 0 Å². The van der Waals surface area contributed by atoms with Gasteiger partial charge < -0.3 is 25.4 Å². The Kier molecular flexibility index (Phi) is 16.2. The van der Waals surface area contributed by atoms with Crippen molar-refractivity contribution in [2.75, 3.05) is 54.8 Å². The molecule has 3 N–H and O–H groups in total. The highest BCUT2D eigenvalue weighted by Crippen LogP contribution is 2.27. The summed E-state index contributed by atoms with van der Waals surface area (Å²) < 4.78 is 0. The SMILES string of the molecule is C=C.C=CCCN=Cc1cc(-c2ccc(Nc3ccc(N4CCN(C(=C)C=C)CC4)nc3)cc2)[nH]c1NC=NCCC.CC. The van der Waals surface area contributed by atoms with E-state index >= 15 is 0 Å². The van der Waals surface area contributed by atoms with Crippen molar-refractivity contribution in [3.63, 3.8) is 0 Å². The smallest absolute Gasteiger partial charge is 0.128 e. The first-order chi connectivity index (χ1) is 21.6. The fourth-order valence-corrected chi connectivity index (χ4v) is 4.38. The fourth-order valence-electron chi connectivity index (χ4n) is 4.38. The number of piperazine rings is 1. The molecule has 4 rings (SSSR count). The maximum atomic E-state index is 4.70. The van der Waals surface area contributed by atoms with Crippen molar-refractivity contribution in [2.45, 2.75) is 33.6 Å². The first-order valence-electron chi connectivity index (χ1n) is 15.3. The summed E-state index contributed by atoms with van der Waals surface area (Å²) in [6.45, 7) is 28.9. The number of nitrogens with zero attached hydrogens (tertiary/aromatic N) is 5. The van der Waals surface area contributed by atoms with E-state index in [1.165, 1.54) is 0 Å². The molecule has 3 aromatic rings. The summed E-state index contributed by atoms with van der Waals surface area (Å²) in [5.41, 5.74) is 6.01. The van der Waals surface area contributed by atoms with Gasteiger partial charge in [0.05, 0.1) is 18.2 Å². The molecule has 44 heavy (non-hydrogen) atoms. The zero-order valence-electron chi connectivity index (χ0n) is 26.9. The average molecular weight is 595 g/mol. The van der Waals surface area contributed by atoms with Crippen LogP contribution in [0.15, 0.2) is 109 Å². The lowest BCUT2D eigenvalue weighted by molar-refractivity contribution is 0.331. The summed E-state index contributed by atoms with van der Waals surface area (Å²) in [7, 11) is 0. The van der Waals surface area contributed by atoms with Crippen LogP contribution in [0.1, 0.15) is 39.2 Å². The van der Waals surface area contributed by atoms with Gasteiger partial charge in [0.1, 0.15) is 11.6 Å². The minimum atomic E-state index is 0.714. The molecule has 234 valence electrons. The molecule has 0 amide bonds. The summed E-state index contributed by atoms with van der Waals surface area (Å²) in [6, 6.07) is 14.6. The average Bonchev–Trinajstić information content (AvgIpc) is 3.50. The second kappa shape index (κ2) is 20.1. The molecule has 0 spiro atoms. The number of anilines is 4. The molecule has 1 fully saturated rings. The molecular weight excluding hydrogens is 544 g/mol. The van der Waals surface area contributed by atoms with Crippen molar-refractivity contribution in [1.82, 2.24) is 14.9 Å². The normalized spacial score (nSPS) is 12.6. The first-order valence-corrected chi connectivity index (χ1v) is 15.3. The van der Waals surface area contributed by atoms with E-state index in [2.05, 4.69) is 118 Å². The van der Waals surface area contributed by atoms with Crippen LogP contribution in [0.3, 0.4) is 0 Å². The Labute approximate surface area is 264 Å². The molecule has 3 heterocycles. The summed E-state index contributed by atoms with van der Waals surface area (Å²) in [6.07, 6.45) is 11.1. The van der Waals surface area contributed by atoms with Crippen molar-refractivity contribution in [3.8, 4) is 11.3 Å². The zero-order valence-corrected chi connectivity index (χ0v) is 26.9. The predicted molar refractivity (Wildman–Crippen MR) is 194 cm³/mol. The minimum absolute atomic E-state index is 0.714. The number of pyridine rings is 1.